The fourth-order valence-corrected chi connectivity index (χ4v) is 1.02. The molecule has 0 aliphatic carbocycles. The summed E-state index contributed by atoms with van der Waals surface area (Å²) >= 11 is 0. The number of amides is 1. The summed E-state index contributed by atoms with van der Waals surface area (Å²) in [4.78, 5) is 12.8. The molecule has 0 saturated heterocycles. The Hall–Kier alpha value is -1.36. The van der Waals surface area contributed by atoms with Crippen molar-refractivity contribution in [3.63, 3.8) is 0 Å². The zero-order chi connectivity index (χ0) is 10.6. The van der Waals surface area contributed by atoms with E-state index in [1.54, 1.807) is 25.2 Å². The molecule has 0 saturated carbocycles. The molecule has 1 heterocycles. The molecule has 1 amide bonds. The average molecular weight is 196 g/mol. The van der Waals surface area contributed by atoms with Gasteiger partial charge in [-0.1, -0.05) is 0 Å². The Bertz CT molecular complexity index is 306. The van der Waals surface area contributed by atoms with E-state index in [9.17, 15) is 4.79 Å². The first-order chi connectivity index (χ1) is 6.61. The molecule has 14 heavy (non-hydrogen) atoms. The average Bonchev–Trinajstić information content (AvgIpc) is 2.51. The Morgan fingerprint density at radius 1 is 1.64 bits per heavy atom. The van der Waals surface area contributed by atoms with Crippen molar-refractivity contribution in [3.05, 3.63) is 17.5 Å². The second-order valence-corrected chi connectivity index (χ2v) is 3.41. The van der Waals surface area contributed by atoms with Gasteiger partial charge in [0.15, 0.2) is 0 Å². The van der Waals surface area contributed by atoms with Crippen molar-refractivity contribution in [1.82, 2.24) is 20.4 Å². The van der Waals surface area contributed by atoms with Crippen LogP contribution >= 0.6 is 0 Å². The molecule has 0 fully saturated rings. The molecule has 5 heteroatoms. The van der Waals surface area contributed by atoms with E-state index in [4.69, 9.17) is 0 Å². The van der Waals surface area contributed by atoms with E-state index in [1.165, 1.54) is 0 Å². The lowest BCUT2D eigenvalue weighted by molar-refractivity contribution is -0.127. The van der Waals surface area contributed by atoms with Crippen molar-refractivity contribution in [2.45, 2.75) is 13.5 Å². The van der Waals surface area contributed by atoms with Gasteiger partial charge in [0.25, 0.3) is 0 Å². The van der Waals surface area contributed by atoms with Gasteiger partial charge < -0.3 is 10.2 Å². The minimum atomic E-state index is 0.0751. The number of aromatic amines is 1. The summed E-state index contributed by atoms with van der Waals surface area (Å²) in [6.45, 7) is 2.98. The Labute approximate surface area is 83.5 Å². The van der Waals surface area contributed by atoms with Gasteiger partial charge in [-0.25, -0.2) is 0 Å². The monoisotopic (exact) mass is 196 g/mol. The van der Waals surface area contributed by atoms with E-state index < -0.39 is 0 Å². The first kappa shape index (κ1) is 10.7. The molecule has 5 nitrogen and oxygen atoms in total. The third-order valence-electron chi connectivity index (χ3n) is 2.02. The van der Waals surface area contributed by atoms with Crippen LogP contribution in [0, 0.1) is 6.92 Å². The van der Waals surface area contributed by atoms with Crippen LogP contribution in [-0.2, 0) is 11.3 Å². The van der Waals surface area contributed by atoms with E-state index in [0.29, 0.717) is 13.1 Å². The molecule has 0 aliphatic rings. The smallest absolute Gasteiger partial charge is 0.236 e. The highest BCUT2D eigenvalue weighted by Crippen LogP contribution is 2.00. The molecule has 0 atom stereocenters. The molecule has 78 valence electrons. The van der Waals surface area contributed by atoms with Crippen LogP contribution in [0.4, 0.5) is 0 Å². The second kappa shape index (κ2) is 4.76. The lowest BCUT2D eigenvalue weighted by Gasteiger charge is -2.10. The number of nitrogens with zero attached hydrogens (tertiary/aromatic N) is 2. The predicted octanol–water partition coefficient (Wildman–Crippen LogP) is -0.104. The molecule has 1 rings (SSSR count). The van der Waals surface area contributed by atoms with E-state index in [2.05, 4.69) is 15.5 Å². The van der Waals surface area contributed by atoms with Crippen LogP contribution in [0.15, 0.2) is 6.20 Å². The van der Waals surface area contributed by atoms with E-state index in [1.807, 2.05) is 6.92 Å². The summed E-state index contributed by atoms with van der Waals surface area (Å²) in [5.74, 6) is 0.0751. The number of H-pyrrole nitrogens is 1. The van der Waals surface area contributed by atoms with Gasteiger partial charge in [0.1, 0.15) is 0 Å². The SMILES string of the molecule is Cc1[nH]ncc1CNCC(=O)N(C)C. The highest BCUT2D eigenvalue weighted by molar-refractivity contribution is 5.77. The van der Waals surface area contributed by atoms with Crippen molar-refractivity contribution in [3.8, 4) is 0 Å². The van der Waals surface area contributed by atoms with Gasteiger partial charge in [-0.15, -0.1) is 0 Å². The largest absolute Gasteiger partial charge is 0.348 e. The minimum Gasteiger partial charge on any atom is -0.348 e. The van der Waals surface area contributed by atoms with Gasteiger partial charge in [-0.05, 0) is 6.92 Å². The molecule has 2 N–H and O–H groups in total. The molecule has 1 aromatic rings. The summed E-state index contributed by atoms with van der Waals surface area (Å²) in [7, 11) is 3.49. The molecule has 0 radical (unpaired) electrons. The van der Waals surface area contributed by atoms with Crippen molar-refractivity contribution in [2.75, 3.05) is 20.6 Å². The molecule has 0 aliphatic heterocycles. The normalized spacial score (nSPS) is 10.2. The summed E-state index contributed by atoms with van der Waals surface area (Å²) in [6.07, 6.45) is 1.77. The Balaban J connectivity index is 2.29. The summed E-state index contributed by atoms with van der Waals surface area (Å²) in [6, 6.07) is 0. The maximum absolute atomic E-state index is 11.2. The van der Waals surface area contributed by atoms with Gasteiger partial charge in [0.05, 0.1) is 12.7 Å². The molecular weight excluding hydrogens is 180 g/mol. The van der Waals surface area contributed by atoms with Crippen LogP contribution in [0.3, 0.4) is 0 Å². The number of likely N-dealkylation sites (N-methyl/N-ethyl adjacent to an activating group) is 1. The standard InChI is InChI=1S/C9H16N4O/c1-7-8(5-11-12-7)4-10-6-9(14)13(2)3/h5,10H,4,6H2,1-3H3,(H,11,12). The summed E-state index contributed by atoms with van der Waals surface area (Å²) < 4.78 is 0. The Morgan fingerprint density at radius 2 is 2.36 bits per heavy atom. The number of nitrogens with one attached hydrogen (secondary N) is 2. The van der Waals surface area contributed by atoms with Crippen molar-refractivity contribution in [2.24, 2.45) is 0 Å². The quantitative estimate of drug-likeness (QED) is 0.706. The third kappa shape index (κ3) is 2.85. The Morgan fingerprint density at radius 3 is 2.86 bits per heavy atom. The van der Waals surface area contributed by atoms with Crippen LogP contribution in [0.25, 0.3) is 0 Å². The number of rotatable bonds is 4. The maximum atomic E-state index is 11.2. The topological polar surface area (TPSA) is 61.0 Å². The van der Waals surface area contributed by atoms with Crippen LogP contribution in [0.1, 0.15) is 11.3 Å². The fourth-order valence-electron chi connectivity index (χ4n) is 1.02. The highest BCUT2D eigenvalue weighted by atomic mass is 16.2. The van der Waals surface area contributed by atoms with Crippen LogP contribution in [-0.4, -0.2) is 41.6 Å². The van der Waals surface area contributed by atoms with Crippen LogP contribution in [0.5, 0.6) is 0 Å². The second-order valence-electron chi connectivity index (χ2n) is 3.41. The van der Waals surface area contributed by atoms with Gasteiger partial charge in [0.2, 0.25) is 5.91 Å². The first-order valence-electron chi connectivity index (χ1n) is 4.51. The van der Waals surface area contributed by atoms with Crippen LogP contribution < -0.4 is 5.32 Å². The summed E-state index contributed by atoms with van der Waals surface area (Å²) in [5, 5.41) is 9.80. The van der Waals surface area contributed by atoms with Gasteiger partial charge in [-0.3, -0.25) is 9.89 Å². The first-order valence-corrected chi connectivity index (χ1v) is 4.51. The predicted molar refractivity (Wildman–Crippen MR) is 53.7 cm³/mol. The Kier molecular flexibility index (Phi) is 3.64. The molecule has 0 aromatic carbocycles. The highest BCUT2D eigenvalue weighted by Gasteiger charge is 2.04. The maximum Gasteiger partial charge on any atom is 0.236 e. The third-order valence-corrected chi connectivity index (χ3v) is 2.02. The van der Waals surface area contributed by atoms with Crippen molar-refractivity contribution in [1.29, 1.82) is 0 Å². The number of aromatic nitrogens is 2. The number of carbonyl (C=O) groups is 1. The number of aryl methyl sites for hydroxylation is 1. The molecule has 0 unspecified atom stereocenters. The van der Waals surface area contributed by atoms with E-state index in [0.717, 1.165) is 11.3 Å². The summed E-state index contributed by atoms with van der Waals surface area (Å²) in [5.41, 5.74) is 2.13. The number of hydrogen-bond donors (Lipinski definition) is 2. The zero-order valence-electron chi connectivity index (χ0n) is 8.79. The van der Waals surface area contributed by atoms with Gasteiger partial charge in [0, 0.05) is 31.9 Å². The lowest BCUT2D eigenvalue weighted by Crippen LogP contribution is -2.32. The minimum absolute atomic E-state index is 0.0751. The molecule has 0 bridgehead atoms. The van der Waals surface area contributed by atoms with Gasteiger partial charge in [-0.2, -0.15) is 5.10 Å². The number of hydrogen-bond acceptors (Lipinski definition) is 3. The molecular formula is C9H16N4O. The van der Waals surface area contributed by atoms with E-state index in [-0.39, 0.29) is 5.91 Å². The van der Waals surface area contributed by atoms with E-state index >= 15 is 0 Å². The van der Waals surface area contributed by atoms with Crippen LogP contribution in [0.2, 0.25) is 0 Å². The van der Waals surface area contributed by atoms with Gasteiger partial charge >= 0.3 is 0 Å². The number of carbonyl (C=O) groups excluding carboxylic acids is 1. The lowest BCUT2D eigenvalue weighted by atomic mass is 10.2. The fraction of sp³-hybridized carbons (Fsp3) is 0.556. The van der Waals surface area contributed by atoms with Crippen molar-refractivity contribution < 1.29 is 4.79 Å². The molecule has 1 aromatic heterocycles. The zero-order valence-corrected chi connectivity index (χ0v) is 8.79. The molecule has 0 spiro atoms. The van der Waals surface area contributed by atoms with Crippen molar-refractivity contribution >= 4 is 5.91 Å².